The largest absolute Gasteiger partial charge is 0.327 e. The number of hydrogen-bond acceptors (Lipinski definition) is 3. The highest BCUT2D eigenvalue weighted by Gasteiger charge is 2.13. The first-order valence-corrected chi connectivity index (χ1v) is 6.87. The maximum atomic E-state index is 11.8. The van der Waals surface area contributed by atoms with Gasteiger partial charge in [-0.2, -0.15) is 0 Å². The Balaban J connectivity index is 2.61. The van der Waals surface area contributed by atoms with Crippen LogP contribution < -0.4 is 16.4 Å². The number of rotatable bonds is 6. The van der Waals surface area contributed by atoms with Gasteiger partial charge in [0.2, 0.25) is 11.8 Å². The second-order valence-corrected chi connectivity index (χ2v) is 5.14. The summed E-state index contributed by atoms with van der Waals surface area (Å²) in [7, 11) is 0. The lowest BCUT2D eigenvalue weighted by Crippen LogP contribution is -2.31. The summed E-state index contributed by atoms with van der Waals surface area (Å²) in [6.45, 7) is 5.76. The minimum Gasteiger partial charge on any atom is -0.327 e. The number of carbonyl (C=O) groups is 2. The molecule has 0 fully saturated rings. The van der Waals surface area contributed by atoms with E-state index in [9.17, 15) is 9.59 Å². The van der Waals surface area contributed by atoms with Crippen LogP contribution in [0.4, 0.5) is 11.4 Å². The lowest BCUT2D eigenvalue weighted by molar-refractivity contribution is -0.117. The van der Waals surface area contributed by atoms with E-state index in [0.29, 0.717) is 17.8 Å². The Morgan fingerprint density at radius 3 is 2.20 bits per heavy atom. The van der Waals surface area contributed by atoms with E-state index in [1.165, 1.54) is 0 Å². The molecule has 1 unspecified atom stereocenters. The molecular formula is C15H23N3O2. The molecule has 0 spiro atoms. The minimum atomic E-state index is -0.155. The molecule has 5 nitrogen and oxygen atoms in total. The van der Waals surface area contributed by atoms with Gasteiger partial charge >= 0.3 is 0 Å². The molecule has 5 heteroatoms. The maximum Gasteiger partial charge on any atom is 0.225 e. The third-order valence-electron chi connectivity index (χ3n) is 3.03. The van der Waals surface area contributed by atoms with Crippen molar-refractivity contribution in [3.63, 3.8) is 0 Å². The Morgan fingerprint density at radius 2 is 1.70 bits per heavy atom. The van der Waals surface area contributed by atoms with Crippen LogP contribution in [-0.4, -0.2) is 17.9 Å². The number of amides is 2. The predicted molar refractivity (Wildman–Crippen MR) is 81.4 cm³/mol. The van der Waals surface area contributed by atoms with Gasteiger partial charge in [0.25, 0.3) is 0 Å². The van der Waals surface area contributed by atoms with E-state index in [4.69, 9.17) is 5.73 Å². The van der Waals surface area contributed by atoms with Crippen LogP contribution in [0.5, 0.6) is 0 Å². The molecule has 2 amide bonds. The van der Waals surface area contributed by atoms with E-state index < -0.39 is 0 Å². The van der Waals surface area contributed by atoms with Crippen molar-refractivity contribution in [2.24, 2.45) is 11.7 Å². The van der Waals surface area contributed by atoms with Crippen molar-refractivity contribution in [1.82, 2.24) is 0 Å². The predicted octanol–water partition coefficient (Wildman–Crippen LogP) is 2.35. The van der Waals surface area contributed by atoms with Crippen molar-refractivity contribution in [1.29, 1.82) is 0 Å². The number of carbonyl (C=O) groups excluding carboxylic acids is 2. The molecule has 0 aromatic heterocycles. The zero-order valence-corrected chi connectivity index (χ0v) is 12.3. The van der Waals surface area contributed by atoms with Gasteiger partial charge < -0.3 is 16.4 Å². The minimum absolute atomic E-state index is 0.0599. The third kappa shape index (κ3) is 5.40. The average molecular weight is 277 g/mol. The Hall–Kier alpha value is -1.88. The molecule has 0 saturated heterocycles. The summed E-state index contributed by atoms with van der Waals surface area (Å²) in [5.41, 5.74) is 7.19. The highest BCUT2D eigenvalue weighted by atomic mass is 16.2. The molecule has 0 saturated carbocycles. The lowest BCUT2D eigenvalue weighted by Gasteiger charge is -2.15. The quantitative estimate of drug-likeness (QED) is 0.746. The molecule has 1 aromatic rings. The van der Waals surface area contributed by atoms with Crippen LogP contribution in [0.15, 0.2) is 24.3 Å². The standard InChI is InChI=1S/C15H23N3O2/c1-4-14(19)17-11-6-5-7-12(8-11)18-15(20)9-13(16)10(2)3/h5-8,10,13H,4,9,16H2,1-3H3,(H,17,19)(H,18,20). The van der Waals surface area contributed by atoms with Crippen LogP contribution in [0.3, 0.4) is 0 Å². The van der Waals surface area contributed by atoms with Gasteiger partial charge in [-0.3, -0.25) is 9.59 Å². The van der Waals surface area contributed by atoms with Crippen LogP contribution in [0.1, 0.15) is 33.6 Å². The summed E-state index contributed by atoms with van der Waals surface area (Å²) in [4.78, 5) is 23.2. The van der Waals surface area contributed by atoms with Crippen LogP contribution in [-0.2, 0) is 9.59 Å². The van der Waals surface area contributed by atoms with Crippen LogP contribution in [0.2, 0.25) is 0 Å². The molecule has 20 heavy (non-hydrogen) atoms. The number of nitrogens with one attached hydrogen (secondary N) is 2. The highest BCUT2D eigenvalue weighted by molar-refractivity contribution is 5.94. The zero-order valence-electron chi connectivity index (χ0n) is 12.3. The fourth-order valence-electron chi connectivity index (χ4n) is 1.59. The highest BCUT2D eigenvalue weighted by Crippen LogP contribution is 2.16. The first kappa shape index (κ1) is 16.2. The Kier molecular flexibility index (Phi) is 6.18. The average Bonchev–Trinajstić information content (AvgIpc) is 2.38. The monoisotopic (exact) mass is 277 g/mol. The second kappa shape index (κ2) is 7.65. The molecule has 0 aliphatic carbocycles. The SMILES string of the molecule is CCC(=O)Nc1cccc(NC(=O)CC(N)C(C)C)c1. The molecule has 1 rings (SSSR count). The first-order valence-electron chi connectivity index (χ1n) is 6.87. The Bertz CT molecular complexity index is 472. The van der Waals surface area contributed by atoms with E-state index in [1.807, 2.05) is 13.8 Å². The van der Waals surface area contributed by atoms with Crippen molar-refractivity contribution in [2.75, 3.05) is 10.6 Å². The molecule has 110 valence electrons. The van der Waals surface area contributed by atoms with Crippen molar-refractivity contribution in [3.05, 3.63) is 24.3 Å². The second-order valence-electron chi connectivity index (χ2n) is 5.14. The Labute approximate surface area is 119 Å². The van der Waals surface area contributed by atoms with Crippen molar-refractivity contribution >= 4 is 23.2 Å². The smallest absolute Gasteiger partial charge is 0.225 e. The molecule has 0 aliphatic rings. The van der Waals surface area contributed by atoms with Gasteiger partial charge in [-0.1, -0.05) is 26.8 Å². The molecular weight excluding hydrogens is 254 g/mol. The number of hydrogen-bond donors (Lipinski definition) is 3. The summed E-state index contributed by atoms with van der Waals surface area (Å²) >= 11 is 0. The molecule has 0 aliphatic heterocycles. The number of benzene rings is 1. The topological polar surface area (TPSA) is 84.2 Å². The van der Waals surface area contributed by atoms with E-state index in [1.54, 1.807) is 31.2 Å². The molecule has 0 radical (unpaired) electrons. The summed E-state index contributed by atoms with van der Waals surface area (Å²) in [5.74, 6) is 0.0800. The summed E-state index contributed by atoms with van der Waals surface area (Å²) in [5, 5.41) is 5.54. The van der Waals surface area contributed by atoms with E-state index in [0.717, 1.165) is 0 Å². The normalized spacial score (nSPS) is 12.1. The van der Waals surface area contributed by atoms with Gasteiger partial charge in [0.15, 0.2) is 0 Å². The summed E-state index contributed by atoms with van der Waals surface area (Å²) in [6.07, 6.45) is 0.697. The zero-order chi connectivity index (χ0) is 15.1. The number of nitrogens with two attached hydrogens (primary N) is 1. The van der Waals surface area contributed by atoms with Crippen molar-refractivity contribution < 1.29 is 9.59 Å². The van der Waals surface area contributed by atoms with Crippen molar-refractivity contribution in [2.45, 2.75) is 39.7 Å². The first-order chi connectivity index (χ1) is 9.42. The van der Waals surface area contributed by atoms with Gasteiger partial charge in [-0.05, 0) is 24.1 Å². The van der Waals surface area contributed by atoms with Crippen LogP contribution >= 0.6 is 0 Å². The fraction of sp³-hybridized carbons (Fsp3) is 0.467. The Morgan fingerprint density at radius 1 is 1.15 bits per heavy atom. The van der Waals surface area contributed by atoms with Crippen LogP contribution in [0.25, 0.3) is 0 Å². The van der Waals surface area contributed by atoms with E-state index in [-0.39, 0.29) is 30.2 Å². The summed E-state index contributed by atoms with van der Waals surface area (Å²) in [6, 6.07) is 6.91. The molecule has 0 bridgehead atoms. The van der Waals surface area contributed by atoms with Crippen molar-refractivity contribution in [3.8, 4) is 0 Å². The van der Waals surface area contributed by atoms with Gasteiger partial charge in [0.1, 0.15) is 0 Å². The third-order valence-corrected chi connectivity index (χ3v) is 3.03. The maximum absolute atomic E-state index is 11.8. The van der Waals surface area contributed by atoms with Gasteiger partial charge in [0.05, 0.1) is 0 Å². The molecule has 1 atom stereocenters. The van der Waals surface area contributed by atoms with Crippen LogP contribution in [0, 0.1) is 5.92 Å². The fourth-order valence-corrected chi connectivity index (χ4v) is 1.59. The molecule has 1 aromatic carbocycles. The van der Waals surface area contributed by atoms with E-state index >= 15 is 0 Å². The van der Waals surface area contributed by atoms with Gasteiger partial charge in [-0.15, -0.1) is 0 Å². The lowest BCUT2D eigenvalue weighted by atomic mass is 10.0. The number of anilines is 2. The van der Waals surface area contributed by atoms with Gasteiger partial charge in [-0.25, -0.2) is 0 Å². The summed E-state index contributed by atoms with van der Waals surface area (Å²) < 4.78 is 0. The molecule has 0 heterocycles. The van der Waals surface area contributed by atoms with E-state index in [2.05, 4.69) is 10.6 Å². The van der Waals surface area contributed by atoms with Gasteiger partial charge in [0, 0.05) is 30.3 Å². The molecule has 4 N–H and O–H groups in total.